The summed E-state index contributed by atoms with van der Waals surface area (Å²) in [4.78, 5) is 8.96. The first-order chi connectivity index (χ1) is 12.3. The molecular formula is C20H25N3OS+2. The van der Waals surface area contributed by atoms with Gasteiger partial charge in [0.1, 0.15) is 31.7 Å². The van der Waals surface area contributed by atoms with E-state index in [0.717, 1.165) is 24.0 Å². The normalized spacial score (nSPS) is 22.1. The average Bonchev–Trinajstić information content (AvgIpc) is 3.19. The van der Waals surface area contributed by atoms with Gasteiger partial charge in [-0.25, -0.2) is 0 Å². The summed E-state index contributed by atoms with van der Waals surface area (Å²) in [5, 5.41) is 14.1. The lowest BCUT2D eigenvalue weighted by Gasteiger charge is -2.34. The molecule has 0 saturated carbocycles. The third kappa shape index (κ3) is 3.15. The van der Waals surface area contributed by atoms with E-state index < -0.39 is 0 Å². The first-order valence-electron chi connectivity index (χ1n) is 9.06. The molecule has 2 aromatic heterocycles. The SMILES string of the molecule is CC[NH+]1CC[NH+](C(c2cccs2)c2ccc3cccnc3c2O)CC1. The molecule has 3 heterocycles. The Balaban J connectivity index is 1.76. The second-order valence-corrected chi connectivity index (χ2v) is 7.77. The van der Waals surface area contributed by atoms with Crippen LogP contribution < -0.4 is 9.80 Å². The Bertz CT molecular complexity index is 841. The number of phenolic OH excluding ortho intramolecular Hbond substituents is 1. The number of hydrogen-bond donors (Lipinski definition) is 3. The summed E-state index contributed by atoms with van der Waals surface area (Å²) in [5.74, 6) is 0.342. The average molecular weight is 356 g/mol. The Morgan fingerprint density at radius 1 is 1.12 bits per heavy atom. The van der Waals surface area contributed by atoms with Crippen LogP contribution in [0.5, 0.6) is 5.75 Å². The summed E-state index contributed by atoms with van der Waals surface area (Å²) in [5.41, 5.74) is 1.71. The van der Waals surface area contributed by atoms with Gasteiger partial charge in [0.15, 0.2) is 11.8 Å². The van der Waals surface area contributed by atoms with Crippen LogP contribution in [-0.4, -0.2) is 42.8 Å². The Hall–Kier alpha value is -1.95. The number of piperazine rings is 1. The van der Waals surface area contributed by atoms with Crippen LogP contribution in [0.25, 0.3) is 10.9 Å². The zero-order chi connectivity index (χ0) is 17.2. The van der Waals surface area contributed by atoms with Crippen LogP contribution in [0.15, 0.2) is 48.0 Å². The number of quaternary nitrogens is 2. The minimum absolute atomic E-state index is 0.185. The van der Waals surface area contributed by atoms with Crippen molar-refractivity contribution in [1.29, 1.82) is 0 Å². The van der Waals surface area contributed by atoms with E-state index in [-0.39, 0.29) is 6.04 Å². The van der Waals surface area contributed by atoms with E-state index in [2.05, 4.69) is 41.6 Å². The Kier molecular flexibility index (Phi) is 4.70. The molecule has 5 heteroatoms. The van der Waals surface area contributed by atoms with Crippen LogP contribution in [0, 0.1) is 0 Å². The zero-order valence-electron chi connectivity index (χ0n) is 14.5. The van der Waals surface area contributed by atoms with Gasteiger partial charge in [-0.3, -0.25) is 4.98 Å². The molecule has 0 aliphatic carbocycles. The molecule has 0 bridgehead atoms. The van der Waals surface area contributed by atoms with Gasteiger partial charge in [0.2, 0.25) is 0 Å². The van der Waals surface area contributed by atoms with E-state index in [1.807, 2.05) is 12.1 Å². The van der Waals surface area contributed by atoms with E-state index in [1.165, 1.54) is 24.5 Å². The molecule has 130 valence electrons. The van der Waals surface area contributed by atoms with Gasteiger partial charge in [0, 0.05) is 11.6 Å². The minimum atomic E-state index is 0.185. The van der Waals surface area contributed by atoms with Crippen molar-refractivity contribution in [2.45, 2.75) is 13.0 Å². The number of aromatic hydroxyl groups is 1. The maximum atomic E-state index is 11.0. The largest absolute Gasteiger partial charge is 0.505 e. The van der Waals surface area contributed by atoms with Crippen molar-refractivity contribution in [3.63, 3.8) is 0 Å². The van der Waals surface area contributed by atoms with Crippen LogP contribution in [0.2, 0.25) is 0 Å². The first-order valence-corrected chi connectivity index (χ1v) is 9.94. The van der Waals surface area contributed by atoms with E-state index in [1.54, 1.807) is 27.3 Å². The van der Waals surface area contributed by atoms with Crippen LogP contribution in [0.4, 0.5) is 0 Å². The van der Waals surface area contributed by atoms with Crippen molar-refractivity contribution in [1.82, 2.24) is 4.98 Å². The molecule has 3 N–H and O–H groups in total. The lowest BCUT2D eigenvalue weighted by atomic mass is 9.99. The molecule has 1 unspecified atom stereocenters. The molecule has 0 amide bonds. The van der Waals surface area contributed by atoms with Crippen molar-refractivity contribution in [2.75, 3.05) is 32.7 Å². The molecule has 0 spiro atoms. The fraction of sp³-hybridized carbons (Fsp3) is 0.350. The second kappa shape index (κ2) is 7.12. The van der Waals surface area contributed by atoms with Gasteiger partial charge in [-0.05, 0) is 30.5 Å². The Morgan fingerprint density at radius 2 is 1.96 bits per heavy atom. The van der Waals surface area contributed by atoms with Gasteiger partial charge >= 0.3 is 0 Å². The summed E-state index contributed by atoms with van der Waals surface area (Å²) in [6, 6.07) is 12.6. The number of rotatable bonds is 4. The smallest absolute Gasteiger partial charge is 0.152 e. The molecule has 1 atom stereocenters. The van der Waals surface area contributed by atoms with E-state index in [0.29, 0.717) is 11.3 Å². The van der Waals surface area contributed by atoms with E-state index >= 15 is 0 Å². The van der Waals surface area contributed by atoms with E-state index in [4.69, 9.17) is 0 Å². The van der Waals surface area contributed by atoms with Crippen molar-refractivity contribution in [3.05, 3.63) is 58.4 Å². The molecule has 4 nitrogen and oxygen atoms in total. The fourth-order valence-electron chi connectivity index (χ4n) is 3.98. The maximum Gasteiger partial charge on any atom is 0.152 e. The van der Waals surface area contributed by atoms with Gasteiger partial charge in [0.05, 0.1) is 17.0 Å². The number of nitrogens with one attached hydrogen (secondary N) is 2. The molecular weight excluding hydrogens is 330 g/mol. The highest BCUT2D eigenvalue weighted by Crippen LogP contribution is 2.34. The lowest BCUT2D eigenvalue weighted by molar-refractivity contribution is -1.02. The van der Waals surface area contributed by atoms with Crippen molar-refractivity contribution in [2.24, 2.45) is 0 Å². The predicted molar refractivity (Wildman–Crippen MR) is 102 cm³/mol. The molecule has 25 heavy (non-hydrogen) atoms. The number of aromatic nitrogens is 1. The maximum absolute atomic E-state index is 11.0. The first kappa shape index (κ1) is 16.5. The van der Waals surface area contributed by atoms with Crippen LogP contribution in [0.3, 0.4) is 0 Å². The highest BCUT2D eigenvalue weighted by molar-refractivity contribution is 7.10. The van der Waals surface area contributed by atoms with E-state index in [9.17, 15) is 5.11 Å². The molecule has 4 rings (SSSR count). The third-order valence-electron chi connectivity index (χ3n) is 5.43. The number of phenols is 1. The number of nitrogens with zero attached hydrogens (tertiary/aromatic N) is 1. The molecule has 1 aliphatic rings. The number of likely N-dealkylation sites (N-methyl/N-ethyl adjacent to an activating group) is 1. The number of thiophene rings is 1. The lowest BCUT2D eigenvalue weighted by Crippen LogP contribution is -3.28. The van der Waals surface area contributed by atoms with Crippen LogP contribution in [-0.2, 0) is 0 Å². The summed E-state index contributed by atoms with van der Waals surface area (Å²) >= 11 is 1.78. The Labute approximate surface area is 152 Å². The van der Waals surface area contributed by atoms with Gasteiger partial charge in [0.25, 0.3) is 0 Å². The molecule has 0 radical (unpaired) electrons. The molecule has 1 saturated heterocycles. The summed E-state index contributed by atoms with van der Waals surface area (Å²) in [6.07, 6.45) is 1.75. The minimum Gasteiger partial charge on any atom is -0.505 e. The standard InChI is InChI=1S/C20H23N3OS/c1-2-22-10-12-23(13-11-22)19(17-6-4-14-25-17)16-8-7-15-5-3-9-21-18(15)20(16)24/h3-9,14,19,24H,2,10-13H2,1H3/p+2. The molecule has 1 fully saturated rings. The van der Waals surface area contributed by atoms with Crippen LogP contribution >= 0.6 is 11.3 Å². The zero-order valence-corrected chi connectivity index (χ0v) is 15.4. The van der Waals surface area contributed by atoms with Gasteiger partial charge < -0.3 is 14.9 Å². The van der Waals surface area contributed by atoms with Crippen molar-refractivity contribution >= 4 is 22.2 Å². The predicted octanol–water partition coefficient (Wildman–Crippen LogP) is 0.895. The monoisotopic (exact) mass is 355 g/mol. The molecule has 3 aromatic rings. The third-order valence-corrected chi connectivity index (χ3v) is 6.36. The number of fused-ring (bicyclic) bond motifs is 1. The number of pyridine rings is 1. The Morgan fingerprint density at radius 3 is 2.68 bits per heavy atom. The van der Waals surface area contributed by atoms with Crippen LogP contribution in [0.1, 0.15) is 23.4 Å². The number of benzene rings is 1. The summed E-state index contributed by atoms with van der Waals surface area (Å²) in [6.45, 7) is 8.11. The van der Waals surface area contributed by atoms with Gasteiger partial charge in [-0.15, -0.1) is 11.3 Å². The molecule has 1 aliphatic heterocycles. The number of hydrogen-bond acceptors (Lipinski definition) is 3. The second-order valence-electron chi connectivity index (χ2n) is 6.79. The fourth-order valence-corrected chi connectivity index (χ4v) is 4.88. The summed E-state index contributed by atoms with van der Waals surface area (Å²) in [7, 11) is 0. The molecule has 1 aromatic carbocycles. The summed E-state index contributed by atoms with van der Waals surface area (Å²) < 4.78 is 0. The van der Waals surface area contributed by atoms with Gasteiger partial charge in [-0.2, -0.15) is 0 Å². The van der Waals surface area contributed by atoms with Gasteiger partial charge in [-0.1, -0.05) is 18.2 Å². The highest BCUT2D eigenvalue weighted by Gasteiger charge is 2.34. The quantitative estimate of drug-likeness (QED) is 0.651. The highest BCUT2D eigenvalue weighted by atomic mass is 32.1. The van der Waals surface area contributed by atoms with Crippen molar-refractivity contribution < 1.29 is 14.9 Å². The topological polar surface area (TPSA) is 42.0 Å². The van der Waals surface area contributed by atoms with Crippen molar-refractivity contribution in [3.8, 4) is 5.75 Å².